The van der Waals surface area contributed by atoms with Crippen molar-refractivity contribution in [2.45, 2.75) is 105 Å². The van der Waals surface area contributed by atoms with Crippen LogP contribution in [0.2, 0.25) is 0 Å². The van der Waals surface area contributed by atoms with Crippen molar-refractivity contribution in [1.29, 1.82) is 0 Å². The second kappa shape index (κ2) is 12.0. The van der Waals surface area contributed by atoms with Crippen LogP contribution in [0.5, 0.6) is 0 Å². The number of rotatable bonds is 1. The molecule has 10 rings (SSSR count). The van der Waals surface area contributed by atoms with Crippen LogP contribution in [0.3, 0.4) is 0 Å². The van der Waals surface area contributed by atoms with Crippen LogP contribution >= 0.6 is 0 Å². The minimum Gasteiger partial charge on any atom is -0.449 e. The van der Waals surface area contributed by atoms with E-state index < -0.39 is 0 Å². The number of aromatic nitrogens is 1. The highest BCUT2D eigenvalue weighted by Gasteiger charge is 2.44. The maximum atomic E-state index is 7.15. The van der Waals surface area contributed by atoms with Gasteiger partial charge in [-0.25, -0.2) is 0 Å². The summed E-state index contributed by atoms with van der Waals surface area (Å²) in [6.07, 6.45) is 0. The second-order valence-electron chi connectivity index (χ2n) is 20.7. The summed E-state index contributed by atoms with van der Waals surface area (Å²) in [6.45, 7) is 27.4. The quantitative estimate of drug-likeness (QED) is 0.0949. The first kappa shape index (κ1) is 36.7. The van der Waals surface area contributed by atoms with Gasteiger partial charge in [0, 0.05) is 22.6 Å². The Hall–Kier alpha value is -5.62. The smallest absolute Gasteiger partial charge is 0.333 e. The van der Waals surface area contributed by atoms with Crippen LogP contribution in [0.15, 0.2) is 116 Å². The molecule has 0 saturated carbocycles. The van der Waals surface area contributed by atoms with Gasteiger partial charge in [0.05, 0.1) is 11.0 Å². The third-order valence-electron chi connectivity index (χ3n) is 12.5. The predicted octanol–water partition coefficient (Wildman–Crippen LogP) is 13.6. The molecule has 0 bridgehead atoms. The van der Waals surface area contributed by atoms with Crippen molar-refractivity contribution in [3.8, 4) is 11.1 Å². The molecule has 0 atom stereocenters. The minimum absolute atomic E-state index is 0.0417. The first-order valence-corrected chi connectivity index (χ1v) is 20.8. The molecule has 4 heterocycles. The number of fused-ring (bicyclic) bond motifs is 9. The number of nitrogens with zero attached hydrogens (tertiary/aromatic N) is 2. The summed E-state index contributed by atoms with van der Waals surface area (Å²) < 4.78 is 22.9. The highest BCUT2D eigenvalue weighted by molar-refractivity contribution is 6.89. The topological polar surface area (TPSA) is 47.6 Å². The van der Waals surface area contributed by atoms with Crippen molar-refractivity contribution in [3.05, 3.63) is 125 Å². The normalized spacial score (nSPS) is 14.1. The molecule has 6 heteroatoms. The summed E-state index contributed by atoms with van der Waals surface area (Å²) >= 11 is 0. The SMILES string of the molecule is CC(C)(C)c1ccc(N2c3cc(C(C)(C)C)ccc3B3c4c(cc(C(C)(C)C)cc42)-c2cc(C(C)(C)C)cc4oc5c6oc7ccccc7oc6ccc5n3c24)cc1. The number of hydrogen-bond acceptors (Lipinski definition) is 4. The van der Waals surface area contributed by atoms with Crippen molar-refractivity contribution < 1.29 is 13.3 Å². The molecule has 0 radical (unpaired) electrons. The van der Waals surface area contributed by atoms with Crippen LogP contribution in [0.25, 0.3) is 55.7 Å². The summed E-state index contributed by atoms with van der Waals surface area (Å²) in [5, 5.41) is 0. The Balaban J connectivity index is 1.40. The molecule has 0 aliphatic carbocycles. The molecule has 0 N–H and O–H groups in total. The van der Waals surface area contributed by atoms with Crippen molar-refractivity contribution in [3.63, 3.8) is 0 Å². The number of anilines is 3. The Morgan fingerprint density at radius 2 is 1.02 bits per heavy atom. The van der Waals surface area contributed by atoms with E-state index in [0.29, 0.717) is 27.9 Å². The van der Waals surface area contributed by atoms with E-state index in [4.69, 9.17) is 13.3 Å². The molecule has 5 nitrogen and oxygen atoms in total. The van der Waals surface area contributed by atoms with Crippen LogP contribution in [0.4, 0.5) is 17.1 Å². The Bertz CT molecular complexity index is 3050. The Morgan fingerprint density at radius 3 is 1.67 bits per heavy atom. The first-order chi connectivity index (χ1) is 27.3. The molecular weight excluding hydrogens is 711 g/mol. The molecule has 0 unspecified atom stereocenters. The predicted molar refractivity (Wildman–Crippen MR) is 244 cm³/mol. The fraction of sp³-hybridized carbons (Fsp3) is 0.308. The Morgan fingerprint density at radius 1 is 0.448 bits per heavy atom. The van der Waals surface area contributed by atoms with E-state index in [1.807, 2.05) is 30.3 Å². The third-order valence-corrected chi connectivity index (χ3v) is 12.5. The minimum atomic E-state index is -0.155. The summed E-state index contributed by atoms with van der Waals surface area (Å²) in [6, 6.07) is 38.1. The van der Waals surface area contributed by atoms with Crippen LogP contribution in [0, 0.1) is 0 Å². The lowest BCUT2D eigenvalue weighted by molar-refractivity contribution is 0.569. The maximum absolute atomic E-state index is 7.15. The fourth-order valence-corrected chi connectivity index (χ4v) is 9.06. The van der Waals surface area contributed by atoms with Crippen molar-refractivity contribution >= 4 is 79.4 Å². The molecule has 0 spiro atoms. The molecule has 0 fully saturated rings. The number of para-hydroxylation sites is 2. The van der Waals surface area contributed by atoms with Gasteiger partial charge in [0.2, 0.25) is 5.58 Å². The van der Waals surface area contributed by atoms with Crippen molar-refractivity contribution in [2.75, 3.05) is 4.90 Å². The lowest BCUT2D eigenvalue weighted by Crippen LogP contribution is -2.57. The monoisotopic (exact) mass is 764 g/mol. The van der Waals surface area contributed by atoms with Crippen LogP contribution in [-0.4, -0.2) is 11.3 Å². The molecule has 6 aromatic carbocycles. The van der Waals surface area contributed by atoms with Gasteiger partial charge in [0.1, 0.15) is 0 Å². The Labute approximate surface area is 342 Å². The van der Waals surface area contributed by atoms with Gasteiger partial charge in [0.25, 0.3) is 0 Å². The van der Waals surface area contributed by atoms with Crippen molar-refractivity contribution in [2.24, 2.45) is 0 Å². The summed E-state index contributed by atoms with van der Waals surface area (Å²) in [7, 11) is 0. The van der Waals surface area contributed by atoms with Gasteiger partial charge in [-0.2, -0.15) is 0 Å². The second-order valence-corrected chi connectivity index (χ2v) is 20.7. The Kier molecular flexibility index (Phi) is 7.58. The fourth-order valence-electron chi connectivity index (χ4n) is 9.06. The van der Waals surface area contributed by atoms with Crippen molar-refractivity contribution in [1.82, 2.24) is 4.48 Å². The zero-order valence-corrected chi connectivity index (χ0v) is 36.0. The van der Waals surface area contributed by atoms with E-state index in [9.17, 15) is 0 Å². The van der Waals surface area contributed by atoms with Gasteiger partial charge in [-0.3, -0.25) is 0 Å². The summed E-state index contributed by atoms with van der Waals surface area (Å²) in [5.74, 6) is 0. The average molecular weight is 765 g/mol. The van der Waals surface area contributed by atoms with Gasteiger partial charge in [-0.15, -0.1) is 0 Å². The molecule has 8 aromatic rings. The van der Waals surface area contributed by atoms with E-state index in [-0.39, 0.29) is 28.5 Å². The van der Waals surface area contributed by atoms with E-state index in [1.165, 1.54) is 55.7 Å². The van der Waals surface area contributed by atoms with Gasteiger partial charge in [-0.1, -0.05) is 126 Å². The summed E-state index contributed by atoms with van der Waals surface area (Å²) in [5.41, 5.74) is 19.6. The zero-order chi connectivity index (χ0) is 40.8. The van der Waals surface area contributed by atoms with Gasteiger partial charge in [0.15, 0.2) is 27.9 Å². The molecule has 58 heavy (non-hydrogen) atoms. The largest absolute Gasteiger partial charge is 0.449 e. The standard InChI is InChI=1S/C52H53BN2O3/c1-49(2,3)30-17-20-34(21-18-30)54-39-27-31(50(4,5)6)19-22-37(39)53-45-35(25-32(28-40(45)54)51(7,8)9)36-26-33(52(10,11)12)29-44-46(36)55(53)38-23-24-43-48(47(38)58-44)57-42-16-14-13-15-41(42)56-43/h13-29H,1-12H3. The van der Waals surface area contributed by atoms with Crippen LogP contribution in [0.1, 0.15) is 105 Å². The maximum Gasteiger partial charge on any atom is 0.333 e. The number of benzene rings is 6. The van der Waals surface area contributed by atoms with E-state index >= 15 is 0 Å². The van der Waals surface area contributed by atoms with Crippen LogP contribution < -0.4 is 15.8 Å². The molecule has 292 valence electrons. The molecule has 2 aliphatic heterocycles. The molecule has 0 amide bonds. The molecule has 2 aromatic heterocycles. The highest BCUT2D eigenvalue weighted by Crippen LogP contribution is 2.48. The van der Waals surface area contributed by atoms with E-state index in [0.717, 1.165) is 22.3 Å². The van der Waals surface area contributed by atoms with E-state index in [2.05, 4.69) is 165 Å². The van der Waals surface area contributed by atoms with Gasteiger partial charge < -0.3 is 22.6 Å². The lowest BCUT2D eigenvalue weighted by atomic mass is 9.44. The first-order valence-electron chi connectivity index (χ1n) is 20.8. The lowest BCUT2D eigenvalue weighted by Gasteiger charge is -2.43. The average Bonchev–Trinajstić information content (AvgIpc) is 3.16. The third kappa shape index (κ3) is 5.51. The van der Waals surface area contributed by atoms with Gasteiger partial charge in [-0.05, 0) is 121 Å². The van der Waals surface area contributed by atoms with Crippen LogP contribution in [-0.2, 0) is 21.7 Å². The molecule has 2 aliphatic rings. The molecule has 0 saturated heterocycles. The van der Waals surface area contributed by atoms with Gasteiger partial charge >= 0.3 is 6.85 Å². The zero-order valence-electron chi connectivity index (χ0n) is 36.0. The molecular formula is C52H53BN2O3. The highest BCUT2D eigenvalue weighted by atomic mass is 16.4. The summed E-state index contributed by atoms with van der Waals surface area (Å²) in [4.78, 5) is 2.54. The van der Waals surface area contributed by atoms with E-state index in [1.54, 1.807) is 0 Å². The number of hydrogen-bond donors (Lipinski definition) is 0.